The van der Waals surface area contributed by atoms with Gasteiger partial charge < -0.3 is 5.73 Å². The third-order valence-corrected chi connectivity index (χ3v) is 2.06. The number of nitrogens with zero attached hydrogens (tertiary/aromatic N) is 3. The minimum absolute atomic E-state index is 0.0268. The largest absolute Gasteiger partial charge is 0.324 e. The van der Waals surface area contributed by atoms with Crippen LogP contribution in [-0.4, -0.2) is 14.5 Å². The molecule has 0 aliphatic carbocycles. The summed E-state index contributed by atoms with van der Waals surface area (Å²) in [5.41, 5.74) is 6.87. The van der Waals surface area contributed by atoms with Gasteiger partial charge in [0, 0.05) is 30.2 Å². The lowest BCUT2D eigenvalue weighted by molar-refractivity contribution is 0.791. The maximum absolute atomic E-state index is 5.85. The zero-order valence-electron chi connectivity index (χ0n) is 7.96. The van der Waals surface area contributed by atoms with E-state index in [2.05, 4.69) is 9.97 Å². The average Bonchev–Trinajstić information content (AvgIpc) is 2.70. The fraction of sp³-hybridized carbons (Fsp3) is 0.200. The van der Waals surface area contributed by atoms with Gasteiger partial charge in [-0.25, -0.2) is 9.97 Å². The molecule has 0 radical (unpaired) electrons. The number of pyridine rings is 1. The lowest BCUT2D eigenvalue weighted by Crippen LogP contribution is -2.10. The first kappa shape index (κ1) is 8.90. The van der Waals surface area contributed by atoms with Gasteiger partial charge in [0.15, 0.2) is 0 Å². The van der Waals surface area contributed by atoms with Crippen LogP contribution in [0.1, 0.15) is 18.5 Å². The molecule has 0 spiro atoms. The Labute approximate surface area is 82.4 Å². The fourth-order valence-electron chi connectivity index (χ4n) is 1.36. The normalized spacial score (nSPS) is 12.7. The Morgan fingerprint density at radius 2 is 2.29 bits per heavy atom. The first-order chi connectivity index (χ1) is 6.79. The molecule has 14 heavy (non-hydrogen) atoms. The Morgan fingerprint density at radius 3 is 2.93 bits per heavy atom. The number of hydrogen-bond acceptors (Lipinski definition) is 3. The topological polar surface area (TPSA) is 56.7 Å². The van der Waals surface area contributed by atoms with Gasteiger partial charge in [-0.2, -0.15) is 0 Å². The van der Waals surface area contributed by atoms with E-state index < -0.39 is 0 Å². The van der Waals surface area contributed by atoms with Crippen molar-refractivity contribution in [3.8, 4) is 5.82 Å². The minimum Gasteiger partial charge on any atom is -0.324 e. The zero-order chi connectivity index (χ0) is 9.97. The second kappa shape index (κ2) is 3.59. The van der Waals surface area contributed by atoms with Crippen LogP contribution in [-0.2, 0) is 0 Å². The Morgan fingerprint density at radius 1 is 1.43 bits per heavy atom. The smallest absolute Gasteiger partial charge is 0.142 e. The molecule has 0 saturated heterocycles. The molecular formula is C10H12N4. The number of hydrogen-bond donors (Lipinski definition) is 1. The average molecular weight is 188 g/mol. The van der Waals surface area contributed by atoms with Crippen LogP contribution in [0.2, 0.25) is 0 Å². The van der Waals surface area contributed by atoms with E-state index in [4.69, 9.17) is 5.73 Å². The van der Waals surface area contributed by atoms with Crippen LogP contribution in [0.3, 0.4) is 0 Å². The van der Waals surface area contributed by atoms with Gasteiger partial charge in [0.25, 0.3) is 0 Å². The summed E-state index contributed by atoms with van der Waals surface area (Å²) >= 11 is 0. The van der Waals surface area contributed by atoms with E-state index in [1.54, 1.807) is 18.7 Å². The van der Waals surface area contributed by atoms with Gasteiger partial charge in [-0.05, 0) is 13.0 Å². The van der Waals surface area contributed by atoms with Crippen molar-refractivity contribution in [2.75, 3.05) is 0 Å². The predicted molar refractivity (Wildman–Crippen MR) is 54.0 cm³/mol. The standard InChI is InChI=1S/C10H12N4/c1-8(11)9-3-2-4-13-10(9)14-6-5-12-7-14/h2-8H,11H2,1H3. The fourth-order valence-corrected chi connectivity index (χ4v) is 1.36. The Hall–Kier alpha value is -1.68. The summed E-state index contributed by atoms with van der Waals surface area (Å²) < 4.78 is 1.86. The molecule has 2 rings (SSSR count). The Bertz CT molecular complexity index is 406. The molecule has 0 saturated carbocycles. The van der Waals surface area contributed by atoms with Gasteiger partial charge >= 0.3 is 0 Å². The first-order valence-electron chi connectivity index (χ1n) is 4.48. The maximum atomic E-state index is 5.85. The molecule has 0 fully saturated rings. The number of nitrogens with two attached hydrogens (primary N) is 1. The molecule has 4 heteroatoms. The van der Waals surface area contributed by atoms with E-state index in [0.717, 1.165) is 11.4 Å². The van der Waals surface area contributed by atoms with E-state index in [1.165, 1.54) is 0 Å². The maximum Gasteiger partial charge on any atom is 0.142 e. The Balaban J connectivity index is 2.53. The van der Waals surface area contributed by atoms with Crippen molar-refractivity contribution in [1.29, 1.82) is 0 Å². The van der Waals surface area contributed by atoms with Crippen LogP contribution in [0.4, 0.5) is 0 Å². The highest BCUT2D eigenvalue weighted by Crippen LogP contribution is 2.16. The van der Waals surface area contributed by atoms with Gasteiger partial charge in [-0.1, -0.05) is 6.07 Å². The molecule has 1 unspecified atom stereocenters. The predicted octanol–water partition coefficient (Wildman–Crippen LogP) is 1.29. The van der Waals surface area contributed by atoms with Crippen LogP contribution in [0.15, 0.2) is 37.1 Å². The summed E-state index contributed by atoms with van der Waals surface area (Å²) in [5, 5.41) is 0. The molecule has 4 nitrogen and oxygen atoms in total. The highest BCUT2D eigenvalue weighted by Gasteiger charge is 2.08. The minimum atomic E-state index is -0.0268. The van der Waals surface area contributed by atoms with Crippen molar-refractivity contribution in [2.45, 2.75) is 13.0 Å². The van der Waals surface area contributed by atoms with Crippen molar-refractivity contribution >= 4 is 0 Å². The van der Waals surface area contributed by atoms with E-state index in [0.29, 0.717) is 0 Å². The quantitative estimate of drug-likeness (QED) is 0.772. The highest BCUT2D eigenvalue weighted by molar-refractivity contribution is 5.35. The molecule has 1 atom stereocenters. The molecule has 2 aromatic heterocycles. The molecule has 0 amide bonds. The van der Waals surface area contributed by atoms with Gasteiger partial charge in [0.05, 0.1) is 0 Å². The van der Waals surface area contributed by atoms with Crippen LogP contribution >= 0.6 is 0 Å². The molecule has 2 heterocycles. The highest BCUT2D eigenvalue weighted by atomic mass is 15.1. The van der Waals surface area contributed by atoms with Crippen LogP contribution in [0.5, 0.6) is 0 Å². The zero-order valence-corrected chi connectivity index (χ0v) is 7.96. The van der Waals surface area contributed by atoms with E-state index in [1.807, 2.05) is 29.8 Å². The van der Waals surface area contributed by atoms with Crippen LogP contribution < -0.4 is 5.73 Å². The lowest BCUT2D eigenvalue weighted by atomic mass is 10.1. The third kappa shape index (κ3) is 1.52. The molecule has 0 aliphatic heterocycles. The van der Waals surface area contributed by atoms with Crippen molar-refractivity contribution in [1.82, 2.24) is 14.5 Å². The third-order valence-electron chi connectivity index (χ3n) is 2.06. The summed E-state index contributed by atoms with van der Waals surface area (Å²) in [6, 6.07) is 3.84. The van der Waals surface area contributed by atoms with E-state index in [-0.39, 0.29) is 6.04 Å². The van der Waals surface area contributed by atoms with Gasteiger partial charge in [0.2, 0.25) is 0 Å². The summed E-state index contributed by atoms with van der Waals surface area (Å²) in [6.45, 7) is 1.94. The summed E-state index contributed by atoms with van der Waals surface area (Å²) in [6.07, 6.45) is 7.04. The molecule has 0 aliphatic rings. The first-order valence-corrected chi connectivity index (χ1v) is 4.48. The summed E-state index contributed by atoms with van der Waals surface area (Å²) in [5.74, 6) is 0.847. The molecule has 0 bridgehead atoms. The van der Waals surface area contributed by atoms with E-state index in [9.17, 15) is 0 Å². The number of imidazole rings is 1. The van der Waals surface area contributed by atoms with E-state index >= 15 is 0 Å². The van der Waals surface area contributed by atoms with Gasteiger partial charge in [-0.3, -0.25) is 4.57 Å². The molecule has 2 N–H and O–H groups in total. The lowest BCUT2D eigenvalue weighted by Gasteiger charge is -2.11. The van der Waals surface area contributed by atoms with Crippen LogP contribution in [0, 0.1) is 0 Å². The Kier molecular flexibility index (Phi) is 2.28. The van der Waals surface area contributed by atoms with Crippen LogP contribution in [0.25, 0.3) is 5.82 Å². The second-order valence-corrected chi connectivity index (χ2v) is 3.17. The molecule has 2 aromatic rings. The molecular weight excluding hydrogens is 176 g/mol. The second-order valence-electron chi connectivity index (χ2n) is 3.17. The molecule has 0 aromatic carbocycles. The van der Waals surface area contributed by atoms with Crippen molar-refractivity contribution in [2.24, 2.45) is 5.73 Å². The van der Waals surface area contributed by atoms with Crippen molar-refractivity contribution in [3.05, 3.63) is 42.6 Å². The number of rotatable bonds is 2. The summed E-state index contributed by atoms with van der Waals surface area (Å²) in [7, 11) is 0. The number of aromatic nitrogens is 3. The van der Waals surface area contributed by atoms with Crippen molar-refractivity contribution < 1.29 is 0 Å². The molecule has 72 valence electrons. The SMILES string of the molecule is CC(N)c1cccnc1-n1ccnc1. The summed E-state index contributed by atoms with van der Waals surface area (Å²) in [4.78, 5) is 8.27. The van der Waals surface area contributed by atoms with Gasteiger partial charge in [-0.15, -0.1) is 0 Å². The monoisotopic (exact) mass is 188 g/mol. The van der Waals surface area contributed by atoms with Gasteiger partial charge in [0.1, 0.15) is 12.1 Å². The van der Waals surface area contributed by atoms with Crippen molar-refractivity contribution in [3.63, 3.8) is 0 Å².